The van der Waals surface area contributed by atoms with Crippen LogP contribution >= 0.6 is 0 Å². The SMILES string of the molecule is COc1ccc(CCCC(=O)N(CCO)Cc2nc[nH]c2C)cc1. The minimum atomic E-state index is -0.0479. The van der Waals surface area contributed by atoms with Gasteiger partial charge in [0, 0.05) is 18.7 Å². The monoisotopic (exact) mass is 331 g/mol. The van der Waals surface area contributed by atoms with Crippen LogP contribution in [0.2, 0.25) is 0 Å². The smallest absolute Gasteiger partial charge is 0.223 e. The molecule has 6 nitrogen and oxygen atoms in total. The molecule has 0 unspecified atom stereocenters. The molecular weight excluding hydrogens is 306 g/mol. The summed E-state index contributed by atoms with van der Waals surface area (Å²) < 4.78 is 5.14. The van der Waals surface area contributed by atoms with Gasteiger partial charge in [-0.1, -0.05) is 12.1 Å². The number of amides is 1. The van der Waals surface area contributed by atoms with Crippen molar-refractivity contribution >= 4 is 5.91 Å². The highest BCUT2D eigenvalue weighted by Gasteiger charge is 2.15. The molecule has 6 heteroatoms. The first-order valence-electron chi connectivity index (χ1n) is 8.14. The van der Waals surface area contributed by atoms with Crippen molar-refractivity contribution in [3.8, 4) is 5.75 Å². The van der Waals surface area contributed by atoms with Gasteiger partial charge in [-0.25, -0.2) is 4.98 Å². The van der Waals surface area contributed by atoms with Crippen LogP contribution in [0.1, 0.15) is 29.8 Å². The third kappa shape index (κ3) is 5.09. The number of nitrogens with zero attached hydrogens (tertiary/aromatic N) is 2. The van der Waals surface area contributed by atoms with Gasteiger partial charge in [0.2, 0.25) is 5.91 Å². The van der Waals surface area contributed by atoms with E-state index in [-0.39, 0.29) is 12.5 Å². The first-order valence-corrected chi connectivity index (χ1v) is 8.14. The molecule has 130 valence electrons. The summed E-state index contributed by atoms with van der Waals surface area (Å²) in [5, 5.41) is 9.20. The highest BCUT2D eigenvalue weighted by molar-refractivity contribution is 5.76. The van der Waals surface area contributed by atoms with E-state index in [0.29, 0.717) is 19.5 Å². The normalized spacial score (nSPS) is 10.6. The minimum absolute atomic E-state index is 0.0416. The van der Waals surface area contributed by atoms with Crippen LogP contribution in [0.4, 0.5) is 0 Å². The standard InChI is InChI=1S/C18H25N3O3/c1-14-17(20-13-19-14)12-21(10-11-22)18(23)5-3-4-15-6-8-16(24-2)9-7-15/h6-9,13,22H,3-5,10-12H2,1-2H3,(H,19,20). The molecule has 0 spiro atoms. The third-order valence-electron chi connectivity index (χ3n) is 4.01. The second kappa shape index (κ2) is 9.08. The number of ether oxygens (including phenoxy) is 1. The molecular formula is C18H25N3O3. The van der Waals surface area contributed by atoms with Crippen molar-refractivity contribution in [1.29, 1.82) is 0 Å². The predicted octanol–water partition coefficient (Wildman–Crippen LogP) is 2.07. The summed E-state index contributed by atoms with van der Waals surface area (Å²) in [5.74, 6) is 0.873. The average molecular weight is 331 g/mol. The van der Waals surface area contributed by atoms with Gasteiger partial charge >= 0.3 is 0 Å². The second-order valence-electron chi connectivity index (χ2n) is 5.71. The van der Waals surface area contributed by atoms with E-state index >= 15 is 0 Å². The zero-order valence-electron chi connectivity index (χ0n) is 14.3. The molecule has 1 aromatic carbocycles. The molecule has 0 saturated heterocycles. The number of aliphatic hydroxyl groups excluding tert-OH is 1. The Morgan fingerprint density at radius 3 is 2.67 bits per heavy atom. The molecule has 1 amide bonds. The van der Waals surface area contributed by atoms with Crippen molar-refractivity contribution in [3.63, 3.8) is 0 Å². The number of hydrogen-bond donors (Lipinski definition) is 2. The molecule has 0 aliphatic rings. The van der Waals surface area contributed by atoms with Crippen molar-refractivity contribution in [3.05, 3.63) is 47.5 Å². The number of hydrogen-bond acceptors (Lipinski definition) is 4. The molecule has 0 fully saturated rings. The highest BCUT2D eigenvalue weighted by Crippen LogP contribution is 2.14. The average Bonchev–Trinajstić information content (AvgIpc) is 3.00. The van der Waals surface area contributed by atoms with E-state index in [0.717, 1.165) is 30.0 Å². The number of aryl methyl sites for hydroxylation is 2. The Bertz CT molecular complexity index is 637. The summed E-state index contributed by atoms with van der Waals surface area (Å²) in [6.07, 6.45) is 3.68. The Kier molecular flexibility index (Phi) is 6.81. The largest absolute Gasteiger partial charge is 0.497 e. The van der Waals surface area contributed by atoms with E-state index in [4.69, 9.17) is 4.74 Å². The van der Waals surface area contributed by atoms with E-state index in [2.05, 4.69) is 9.97 Å². The van der Waals surface area contributed by atoms with Gasteiger partial charge in [-0.2, -0.15) is 0 Å². The summed E-state index contributed by atoms with van der Waals surface area (Å²) in [6.45, 7) is 2.63. The van der Waals surface area contributed by atoms with Crippen LogP contribution in [-0.4, -0.2) is 46.1 Å². The number of carbonyl (C=O) groups is 1. The third-order valence-corrected chi connectivity index (χ3v) is 4.01. The molecule has 0 aliphatic carbocycles. The summed E-state index contributed by atoms with van der Waals surface area (Å²) >= 11 is 0. The number of nitrogens with one attached hydrogen (secondary N) is 1. The molecule has 0 saturated carbocycles. The number of rotatable bonds is 9. The first kappa shape index (κ1) is 18.0. The van der Waals surface area contributed by atoms with Crippen molar-refractivity contribution in [2.24, 2.45) is 0 Å². The van der Waals surface area contributed by atoms with Crippen LogP contribution in [0, 0.1) is 6.92 Å². The van der Waals surface area contributed by atoms with Gasteiger partial charge in [0.05, 0.1) is 32.3 Å². The summed E-state index contributed by atoms with van der Waals surface area (Å²) in [5.41, 5.74) is 2.97. The predicted molar refractivity (Wildman–Crippen MR) is 91.8 cm³/mol. The van der Waals surface area contributed by atoms with Gasteiger partial charge in [0.15, 0.2) is 0 Å². The molecule has 2 N–H and O–H groups in total. The topological polar surface area (TPSA) is 78.4 Å². The first-order chi connectivity index (χ1) is 11.6. The van der Waals surface area contributed by atoms with Crippen molar-refractivity contribution in [1.82, 2.24) is 14.9 Å². The van der Waals surface area contributed by atoms with Crippen molar-refractivity contribution in [2.75, 3.05) is 20.3 Å². The van der Waals surface area contributed by atoms with E-state index in [9.17, 15) is 9.90 Å². The van der Waals surface area contributed by atoms with Gasteiger partial charge in [-0.05, 0) is 37.5 Å². The number of imidazole rings is 1. The van der Waals surface area contributed by atoms with Crippen LogP contribution in [-0.2, 0) is 17.8 Å². The maximum Gasteiger partial charge on any atom is 0.223 e. The lowest BCUT2D eigenvalue weighted by atomic mass is 10.1. The zero-order valence-corrected chi connectivity index (χ0v) is 14.3. The van der Waals surface area contributed by atoms with Crippen LogP contribution in [0.3, 0.4) is 0 Å². The highest BCUT2D eigenvalue weighted by atomic mass is 16.5. The van der Waals surface area contributed by atoms with Crippen LogP contribution < -0.4 is 4.74 Å². The molecule has 2 rings (SSSR count). The molecule has 24 heavy (non-hydrogen) atoms. The van der Waals surface area contributed by atoms with E-state index in [1.807, 2.05) is 31.2 Å². The Labute approximate surface area is 142 Å². The number of aromatic nitrogens is 2. The van der Waals surface area contributed by atoms with E-state index in [1.165, 1.54) is 5.56 Å². The fourth-order valence-corrected chi connectivity index (χ4v) is 2.53. The molecule has 0 radical (unpaired) electrons. The summed E-state index contributed by atoms with van der Waals surface area (Å²) in [4.78, 5) is 21.3. The number of aliphatic hydroxyl groups is 1. The number of benzene rings is 1. The number of H-pyrrole nitrogens is 1. The Hall–Kier alpha value is -2.34. The maximum absolute atomic E-state index is 12.4. The summed E-state index contributed by atoms with van der Waals surface area (Å²) in [7, 11) is 1.64. The van der Waals surface area contributed by atoms with Gasteiger partial charge in [0.1, 0.15) is 5.75 Å². The lowest BCUT2D eigenvalue weighted by Crippen LogP contribution is -2.33. The fourth-order valence-electron chi connectivity index (χ4n) is 2.53. The minimum Gasteiger partial charge on any atom is -0.497 e. The molecule has 1 aromatic heterocycles. The molecule has 0 atom stereocenters. The quantitative estimate of drug-likeness (QED) is 0.737. The van der Waals surface area contributed by atoms with Crippen LogP contribution in [0.25, 0.3) is 0 Å². The number of carbonyl (C=O) groups excluding carboxylic acids is 1. The Morgan fingerprint density at radius 2 is 2.08 bits per heavy atom. The van der Waals surface area contributed by atoms with E-state index < -0.39 is 0 Å². The van der Waals surface area contributed by atoms with Crippen molar-refractivity contribution in [2.45, 2.75) is 32.7 Å². The molecule has 0 aliphatic heterocycles. The number of aromatic amines is 1. The van der Waals surface area contributed by atoms with Gasteiger partial charge in [-0.3, -0.25) is 4.79 Å². The fraction of sp³-hybridized carbons (Fsp3) is 0.444. The molecule has 1 heterocycles. The number of methoxy groups -OCH3 is 1. The van der Waals surface area contributed by atoms with Crippen LogP contribution in [0.5, 0.6) is 5.75 Å². The Morgan fingerprint density at radius 1 is 1.33 bits per heavy atom. The maximum atomic E-state index is 12.4. The lowest BCUT2D eigenvalue weighted by Gasteiger charge is -2.21. The van der Waals surface area contributed by atoms with Gasteiger partial charge in [0.25, 0.3) is 0 Å². The lowest BCUT2D eigenvalue weighted by molar-refractivity contribution is -0.132. The van der Waals surface area contributed by atoms with E-state index in [1.54, 1.807) is 18.3 Å². The van der Waals surface area contributed by atoms with Crippen molar-refractivity contribution < 1.29 is 14.6 Å². The Balaban J connectivity index is 1.84. The second-order valence-corrected chi connectivity index (χ2v) is 5.71. The van der Waals surface area contributed by atoms with Gasteiger partial charge < -0.3 is 19.7 Å². The zero-order chi connectivity index (χ0) is 17.4. The molecule has 2 aromatic rings. The van der Waals surface area contributed by atoms with Gasteiger partial charge in [-0.15, -0.1) is 0 Å². The molecule has 0 bridgehead atoms. The summed E-state index contributed by atoms with van der Waals surface area (Å²) in [6, 6.07) is 7.88. The van der Waals surface area contributed by atoms with Crippen LogP contribution in [0.15, 0.2) is 30.6 Å².